The largest absolute Gasteiger partial charge is 0.494 e. The highest BCUT2D eigenvalue weighted by Gasteiger charge is 2.30. The van der Waals surface area contributed by atoms with Crippen molar-refractivity contribution in [3.63, 3.8) is 0 Å². The minimum atomic E-state index is 0.737. The Labute approximate surface area is 185 Å². The van der Waals surface area contributed by atoms with Crippen LogP contribution in [0.4, 0.5) is 0 Å². The van der Waals surface area contributed by atoms with Gasteiger partial charge in [0.15, 0.2) is 0 Å². The van der Waals surface area contributed by atoms with Gasteiger partial charge >= 0.3 is 0 Å². The number of unbranched alkanes of at least 4 members (excludes halogenated alkanes) is 1. The second-order valence-electron chi connectivity index (χ2n) is 9.60. The van der Waals surface area contributed by atoms with Crippen LogP contribution in [0.5, 0.6) is 5.75 Å². The Morgan fingerprint density at radius 3 is 2.17 bits per heavy atom. The van der Waals surface area contributed by atoms with E-state index in [4.69, 9.17) is 4.74 Å². The van der Waals surface area contributed by atoms with Crippen molar-refractivity contribution in [2.45, 2.75) is 90.9 Å². The molecule has 0 saturated heterocycles. The van der Waals surface area contributed by atoms with Crippen molar-refractivity contribution in [1.29, 1.82) is 0 Å². The second kappa shape index (κ2) is 12.9. The topological polar surface area (TPSA) is 9.23 Å². The molecule has 0 radical (unpaired) electrons. The molecule has 30 heavy (non-hydrogen) atoms. The SMILES string of the molecule is CCCCC1CCC(C2CCC(/C=C/C#Cc3ccc(OCCC)cc3)CC2)CC1. The summed E-state index contributed by atoms with van der Waals surface area (Å²) in [6.45, 7) is 5.22. The van der Waals surface area contributed by atoms with E-state index in [1.165, 1.54) is 70.6 Å². The van der Waals surface area contributed by atoms with Gasteiger partial charge in [0.25, 0.3) is 0 Å². The number of rotatable bonds is 8. The monoisotopic (exact) mass is 406 g/mol. The van der Waals surface area contributed by atoms with E-state index in [0.29, 0.717) is 0 Å². The van der Waals surface area contributed by atoms with Crippen LogP contribution in [0.2, 0.25) is 0 Å². The van der Waals surface area contributed by atoms with Gasteiger partial charge in [0.2, 0.25) is 0 Å². The highest BCUT2D eigenvalue weighted by Crippen LogP contribution is 2.42. The smallest absolute Gasteiger partial charge is 0.119 e. The Bertz CT molecular complexity index is 673. The molecule has 2 aliphatic rings. The summed E-state index contributed by atoms with van der Waals surface area (Å²) in [5.41, 5.74) is 1.06. The van der Waals surface area contributed by atoms with Gasteiger partial charge in [0.1, 0.15) is 5.75 Å². The molecule has 0 aromatic heterocycles. The van der Waals surface area contributed by atoms with E-state index in [1.54, 1.807) is 0 Å². The third-order valence-corrected chi connectivity index (χ3v) is 7.34. The predicted molar refractivity (Wildman–Crippen MR) is 129 cm³/mol. The summed E-state index contributed by atoms with van der Waals surface area (Å²) in [6.07, 6.45) is 21.4. The zero-order valence-electron chi connectivity index (χ0n) is 19.4. The van der Waals surface area contributed by atoms with E-state index in [9.17, 15) is 0 Å². The van der Waals surface area contributed by atoms with E-state index in [0.717, 1.165) is 48.0 Å². The molecule has 0 heterocycles. The first-order valence-electron chi connectivity index (χ1n) is 12.7. The van der Waals surface area contributed by atoms with E-state index < -0.39 is 0 Å². The third-order valence-electron chi connectivity index (χ3n) is 7.34. The lowest BCUT2D eigenvalue weighted by molar-refractivity contribution is 0.152. The van der Waals surface area contributed by atoms with Crippen molar-refractivity contribution in [2.24, 2.45) is 23.7 Å². The number of hydrogen-bond acceptors (Lipinski definition) is 1. The molecule has 2 fully saturated rings. The Hall–Kier alpha value is -1.68. The van der Waals surface area contributed by atoms with Crippen LogP contribution in [0.25, 0.3) is 0 Å². The molecule has 0 N–H and O–H groups in total. The standard InChI is InChI=1S/C29H42O/c1-3-5-8-24-11-17-27(18-12-24)28-19-13-25(14-20-28)9-6-7-10-26-15-21-29(22-16-26)30-23-4-2/h6,9,15-16,21-22,24-25,27-28H,3-5,8,11-14,17-20,23H2,1-2H3/b9-6+. The molecule has 0 amide bonds. The lowest BCUT2D eigenvalue weighted by Gasteiger charge is -2.37. The van der Waals surface area contributed by atoms with E-state index in [-0.39, 0.29) is 0 Å². The molecule has 0 bridgehead atoms. The summed E-state index contributed by atoms with van der Waals surface area (Å²) in [6, 6.07) is 8.13. The van der Waals surface area contributed by atoms with Gasteiger partial charge in [-0.3, -0.25) is 0 Å². The molecule has 2 aliphatic carbocycles. The number of allylic oxidation sites excluding steroid dienone is 2. The summed E-state index contributed by atoms with van der Waals surface area (Å²) in [7, 11) is 0. The molecule has 164 valence electrons. The van der Waals surface area contributed by atoms with Crippen LogP contribution in [0.3, 0.4) is 0 Å². The first kappa shape index (κ1) is 23.0. The zero-order chi connectivity index (χ0) is 21.0. The number of hydrogen-bond donors (Lipinski definition) is 0. The fourth-order valence-electron chi connectivity index (χ4n) is 5.41. The van der Waals surface area contributed by atoms with Crippen LogP contribution in [0.15, 0.2) is 36.4 Å². The van der Waals surface area contributed by atoms with Gasteiger partial charge in [0.05, 0.1) is 6.61 Å². The molecular weight excluding hydrogens is 364 g/mol. The lowest BCUT2D eigenvalue weighted by Crippen LogP contribution is -2.25. The average molecular weight is 407 g/mol. The fraction of sp³-hybridized carbons (Fsp3) is 0.655. The van der Waals surface area contributed by atoms with Crippen molar-refractivity contribution < 1.29 is 4.74 Å². The summed E-state index contributed by atoms with van der Waals surface area (Å²) in [5.74, 6) is 11.2. The molecule has 1 nitrogen and oxygen atoms in total. The van der Waals surface area contributed by atoms with Crippen LogP contribution in [-0.4, -0.2) is 6.61 Å². The fourth-order valence-corrected chi connectivity index (χ4v) is 5.41. The maximum atomic E-state index is 5.63. The quantitative estimate of drug-likeness (QED) is 0.395. The molecule has 0 atom stereocenters. The Kier molecular flexibility index (Phi) is 9.88. The van der Waals surface area contributed by atoms with Gasteiger partial charge in [0, 0.05) is 5.56 Å². The first-order valence-corrected chi connectivity index (χ1v) is 12.7. The average Bonchev–Trinajstić information content (AvgIpc) is 2.81. The first-order chi connectivity index (χ1) is 14.8. The number of ether oxygens (including phenoxy) is 1. The van der Waals surface area contributed by atoms with Crippen molar-refractivity contribution in [2.75, 3.05) is 6.61 Å². The molecule has 2 saturated carbocycles. The Balaban J connectivity index is 1.36. The highest BCUT2D eigenvalue weighted by molar-refractivity contribution is 5.40. The zero-order valence-corrected chi connectivity index (χ0v) is 19.4. The molecule has 1 aromatic carbocycles. The van der Waals surface area contributed by atoms with Crippen LogP contribution in [0, 0.1) is 35.5 Å². The van der Waals surface area contributed by atoms with E-state index in [1.807, 2.05) is 24.3 Å². The minimum Gasteiger partial charge on any atom is -0.494 e. The molecule has 1 heteroatoms. The van der Waals surface area contributed by atoms with Crippen LogP contribution >= 0.6 is 0 Å². The van der Waals surface area contributed by atoms with E-state index >= 15 is 0 Å². The lowest BCUT2D eigenvalue weighted by atomic mass is 9.68. The van der Waals surface area contributed by atoms with Crippen molar-refractivity contribution in [3.8, 4) is 17.6 Å². The Morgan fingerprint density at radius 2 is 1.53 bits per heavy atom. The van der Waals surface area contributed by atoms with Crippen molar-refractivity contribution in [1.82, 2.24) is 0 Å². The van der Waals surface area contributed by atoms with Gasteiger partial charge in [-0.25, -0.2) is 0 Å². The second-order valence-corrected chi connectivity index (χ2v) is 9.60. The predicted octanol–water partition coefficient (Wildman–Crippen LogP) is 8.19. The molecule has 0 unspecified atom stereocenters. The van der Waals surface area contributed by atoms with Crippen LogP contribution in [0.1, 0.15) is 96.5 Å². The van der Waals surface area contributed by atoms with Gasteiger partial charge in [-0.1, -0.05) is 63.9 Å². The normalized spacial score (nSPS) is 26.9. The van der Waals surface area contributed by atoms with Gasteiger partial charge in [-0.15, -0.1) is 0 Å². The molecule has 0 aliphatic heterocycles. The third kappa shape index (κ3) is 7.54. The van der Waals surface area contributed by atoms with Crippen molar-refractivity contribution in [3.05, 3.63) is 42.0 Å². The summed E-state index contributed by atoms with van der Waals surface area (Å²) < 4.78 is 5.63. The summed E-state index contributed by atoms with van der Waals surface area (Å²) in [4.78, 5) is 0. The molecule has 0 spiro atoms. The van der Waals surface area contributed by atoms with Gasteiger partial charge in [-0.05, 0) is 99.0 Å². The van der Waals surface area contributed by atoms with Crippen molar-refractivity contribution >= 4 is 0 Å². The molecule has 3 rings (SSSR count). The van der Waals surface area contributed by atoms with Gasteiger partial charge < -0.3 is 4.74 Å². The summed E-state index contributed by atoms with van der Waals surface area (Å²) >= 11 is 0. The number of benzene rings is 1. The van der Waals surface area contributed by atoms with Gasteiger partial charge in [-0.2, -0.15) is 0 Å². The highest BCUT2D eigenvalue weighted by atomic mass is 16.5. The Morgan fingerprint density at radius 1 is 0.867 bits per heavy atom. The minimum absolute atomic E-state index is 0.737. The summed E-state index contributed by atoms with van der Waals surface area (Å²) in [5, 5.41) is 0. The molecule has 1 aromatic rings. The maximum absolute atomic E-state index is 5.63. The van der Waals surface area contributed by atoms with Crippen LogP contribution < -0.4 is 4.74 Å². The van der Waals surface area contributed by atoms with E-state index in [2.05, 4.69) is 37.8 Å². The van der Waals surface area contributed by atoms with Crippen LogP contribution in [-0.2, 0) is 0 Å². The maximum Gasteiger partial charge on any atom is 0.119 e. The molecular formula is C29H42O.